The number of nitrogens with one attached hydrogen (secondary N) is 2. The number of piperidine rings is 1. The second kappa shape index (κ2) is 8.74. The van der Waals surface area contributed by atoms with Crippen molar-refractivity contribution < 1.29 is 9.59 Å². The second-order valence-electron chi connectivity index (χ2n) is 6.89. The van der Waals surface area contributed by atoms with Crippen LogP contribution >= 0.6 is 0 Å². The number of nitrogens with zero attached hydrogens (tertiary/aromatic N) is 2. The third-order valence-corrected chi connectivity index (χ3v) is 4.59. The molecule has 1 aromatic rings. The van der Waals surface area contributed by atoms with Gasteiger partial charge in [0.1, 0.15) is 0 Å². The Labute approximate surface area is 150 Å². The number of hydrogen-bond donors (Lipinski definition) is 2. The van der Waals surface area contributed by atoms with Crippen molar-refractivity contribution in [2.24, 2.45) is 0 Å². The quantitative estimate of drug-likeness (QED) is 0.860. The standard InChI is InChI=1S/C19H30N4O2/c1-5-14(2)20-18(24)16-13-15(21-19(25)22(3)4)9-10-17(16)23-11-7-6-8-12-23/h9-10,13-14H,5-8,11-12H2,1-4H3,(H,20,24)(H,21,25)/t14-/m0/s1. The SMILES string of the molecule is CC[C@H](C)NC(=O)c1cc(NC(=O)N(C)C)ccc1N1CCCCC1. The topological polar surface area (TPSA) is 64.7 Å². The highest BCUT2D eigenvalue weighted by atomic mass is 16.2. The molecule has 0 aromatic heterocycles. The zero-order valence-electron chi connectivity index (χ0n) is 15.8. The number of rotatable bonds is 5. The first-order valence-corrected chi connectivity index (χ1v) is 9.10. The molecule has 6 heteroatoms. The number of benzene rings is 1. The van der Waals surface area contributed by atoms with Crippen LogP contribution in [0.2, 0.25) is 0 Å². The van der Waals surface area contributed by atoms with Crippen LogP contribution in [0.15, 0.2) is 18.2 Å². The van der Waals surface area contributed by atoms with E-state index in [1.165, 1.54) is 11.3 Å². The van der Waals surface area contributed by atoms with Gasteiger partial charge < -0.3 is 20.4 Å². The smallest absolute Gasteiger partial charge is 0.321 e. The highest BCUT2D eigenvalue weighted by Crippen LogP contribution is 2.27. The molecule has 1 heterocycles. The third-order valence-electron chi connectivity index (χ3n) is 4.59. The number of carbonyl (C=O) groups is 2. The van der Waals surface area contributed by atoms with E-state index in [4.69, 9.17) is 0 Å². The molecule has 3 amide bonds. The molecule has 0 unspecified atom stereocenters. The van der Waals surface area contributed by atoms with Crippen molar-refractivity contribution in [3.63, 3.8) is 0 Å². The van der Waals surface area contributed by atoms with Gasteiger partial charge in [-0.3, -0.25) is 4.79 Å². The predicted molar refractivity (Wildman–Crippen MR) is 102 cm³/mol. The molecule has 0 saturated carbocycles. The van der Waals surface area contributed by atoms with E-state index in [-0.39, 0.29) is 18.0 Å². The molecule has 0 spiro atoms. The Kier molecular flexibility index (Phi) is 6.67. The van der Waals surface area contributed by atoms with Gasteiger partial charge in [-0.05, 0) is 50.8 Å². The number of hydrogen-bond acceptors (Lipinski definition) is 3. The molecule has 138 valence electrons. The molecule has 2 rings (SSSR count). The molecule has 2 N–H and O–H groups in total. The molecule has 1 saturated heterocycles. The second-order valence-corrected chi connectivity index (χ2v) is 6.89. The molecule has 1 aromatic carbocycles. The summed E-state index contributed by atoms with van der Waals surface area (Å²) >= 11 is 0. The first-order valence-electron chi connectivity index (χ1n) is 9.10. The van der Waals surface area contributed by atoms with Crippen LogP contribution < -0.4 is 15.5 Å². The van der Waals surface area contributed by atoms with E-state index in [2.05, 4.69) is 15.5 Å². The van der Waals surface area contributed by atoms with Gasteiger partial charge in [-0.1, -0.05) is 6.92 Å². The average Bonchev–Trinajstić information content (AvgIpc) is 2.62. The fourth-order valence-electron chi connectivity index (χ4n) is 2.85. The molecule has 1 aliphatic heterocycles. The zero-order valence-corrected chi connectivity index (χ0v) is 15.8. The van der Waals surface area contributed by atoms with Gasteiger partial charge in [-0.25, -0.2) is 4.79 Å². The molecule has 1 atom stereocenters. The van der Waals surface area contributed by atoms with E-state index < -0.39 is 0 Å². The molecule has 1 fully saturated rings. The minimum atomic E-state index is -0.209. The fourth-order valence-corrected chi connectivity index (χ4v) is 2.85. The van der Waals surface area contributed by atoms with E-state index in [9.17, 15) is 9.59 Å². The van der Waals surface area contributed by atoms with Gasteiger partial charge in [0.2, 0.25) is 0 Å². The van der Waals surface area contributed by atoms with E-state index >= 15 is 0 Å². The Morgan fingerprint density at radius 2 is 1.88 bits per heavy atom. The molecular weight excluding hydrogens is 316 g/mol. The van der Waals surface area contributed by atoms with Crippen molar-refractivity contribution in [2.75, 3.05) is 37.4 Å². The molecule has 0 aliphatic carbocycles. The van der Waals surface area contributed by atoms with Crippen LogP contribution in [0.4, 0.5) is 16.2 Å². The normalized spacial score (nSPS) is 15.4. The summed E-state index contributed by atoms with van der Waals surface area (Å²) in [6, 6.07) is 5.50. The van der Waals surface area contributed by atoms with Gasteiger partial charge in [0.15, 0.2) is 0 Å². The van der Waals surface area contributed by atoms with E-state index in [1.807, 2.05) is 26.0 Å². The van der Waals surface area contributed by atoms with Crippen LogP contribution in [0.3, 0.4) is 0 Å². The van der Waals surface area contributed by atoms with Crippen molar-refractivity contribution in [2.45, 2.75) is 45.6 Å². The first kappa shape index (κ1) is 19.1. The van der Waals surface area contributed by atoms with Gasteiger partial charge in [-0.15, -0.1) is 0 Å². The summed E-state index contributed by atoms with van der Waals surface area (Å²) in [5.74, 6) is -0.0872. The van der Waals surface area contributed by atoms with E-state index in [0.717, 1.165) is 38.0 Å². The van der Waals surface area contributed by atoms with Crippen LogP contribution in [0.1, 0.15) is 49.9 Å². The summed E-state index contributed by atoms with van der Waals surface area (Å²) in [4.78, 5) is 28.4. The van der Waals surface area contributed by atoms with Gasteiger partial charge in [0.25, 0.3) is 5.91 Å². The van der Waals surface area contributed by atoms with Crippen LogP contribution in [0.25, 0.3) is 0 Å². The van der Waals surface area contributed by atoms with E-state index in [1.54, 1.807) is 20.2 Å². The minimum Gasteiger partial charge on any atom is -0.371 e. The lowest BCUT2D eigenvalue weighted by Gasteiger charge is -2.31. The number of amides is 3. The maximum absolute atomic E-state index is 12.8. The van der Waals surface area contributed by atoms with Crippen molar-refractivity contribution in [1.29, 1.82) is 0 Å². The van der Waals surface area contributed by atoms with Crippen LogP contribution in [0.5, 0.6) is 0 Å². The lowest BCUT2D eigenvalue weighted by atomic mass is 10.1. The zero-order chi connectivity index (χ0) is 18.4. The largest absolute Gasteiger partial charge is 0.371 e. The summed E-state index contributed by atoms with van der Waals surface area (Å²) in [5, 5.41) is 5.86. The summed E-state index contributed by atoms with van der Waals surface area (Å²) in [5.41, 5.74) is 2.20. The molecule has 6 nitrogen and oxygen atoms in total. The minimum absolute atomic E-state index is 0.0872. The van der Waals surface area contributed by atoms with Crippen molar-refractivity contribution in [3.05, 3.63) is 23.8 Å². The van der Waals surface area contributed by atoms with Crippen LogP contribution in [0, 0.1) is 0 Å². The summed E-state index contributed by atoms with van der Waals surface area (Å²) in [7, 11) is 3.38. The Hall–Kier alpha value is -2.24. The Balaban J connectivity index is 2.30. The summed E-state index contributed by atoms with van der Waals surface area (Å²) < 4.78 is 0. The number of anilines is 2. The van der Waals surface area contributed by atoms with Crippen molar-refractivity contribution in [1.82, 2.24) is 10.2 Å². The Morgan fingerprint density at radius 1 is 1.20 bits per heavy atom. The third kappa shape index (κ3) is 5.11. The maximum atomic E-state index is 12.8. The van der Waals surface area contributed by atoms with Gasteiger partial charge in [-0.2, -0.15) is 0 Å². The lowest BCUT2D eigenvalue weighted by Crippen LogP contribution is -2.35. The van der Waals surface area contributed by atoms with Crippen LogP contribution in [-0.2, 0) is 0 Å². The number of urea groups is 1. The van der Waals surface area contributed by atoms with Gasteiger partial charge in [0.05, 0.1) is 5.56 Å². The summed E-state index contributed by atoms with van der Waals surface area (Å²) in [6.07, 6.45) is 4.40. The van der Waals surface area contributed by atoms with Gasteiger partial charge in [0, 0.05) is 44.6 Å². The maximum Gasteiger partial charge on any atom is 0.321 e. The monoisotopic (exact) mass is 346 g/mol. The Morgan fingerprint density at radius 3 is 2.48 bits per heavy atom. The predicted octanol–water partition coefficient (Wildman–Crippen LogP) is 3.30. The molecule has 25 heavy (non-hydrogen) atoms. The van der Waals surface area contributed by atoms with Gasteiger partial charge >= 0.3 is 6.03 Å². The molecule has 0 bridgehead atoms. The van der Waals surface area contributed by atoms with E-state index in [0.29, 0.717) is 11.3 Å². The molecule has 1 aliphatic rings. The average molecular weight is 346 g/mol. The van der Waals surface area contributed by atoms with Crippen molar-refractivity contribution in [3.8, 4) is 0 Å². The molecular formula is C19H30N4O2. The molecule has 0 radical (unpaired) electrons. The fraction of sp³-hybridized carbons (Fsp3) is 0.579. The van der Waals surface area contributed by atoms with Crippen LogP contribution in [-0.4, -0.2) is 50.1 Å². The summed E-state index contributed by atoms with van der Waals surface area (Å²) in [6.45, 7) is 5.97. The first-order chi connectivity index (χ1) is 11.9. The van der Waals surface area contributed by atoms with Crippen molar-refractivity contribution >= 4 is 23.3 Å². The highest BCUT2D eigenvalue weighted by Gasteiger charge is 2.20. The Bertz CT molecular complexity index is 609. The highest BCUT2D eigenvalue weighted by molar-refractivity contribution is 6.02. The lowest BCUT2D eigenvalue weighted by molar-refractivity contribution is 0.0939. The number of carbonyl (C=O) groups excluding carboxylic acids is 2.